The molecule has 5 nitrogen and oxygen atoms in total. The maximum absolute atomic E-state index is 12.1. The number of carbonyl (C=O) groups excluding carboxylic acids is 1. The summed E-state index contributed by atoms with van der Waals surface area (Å²) in [5.41, 5.74) is 0.836. The van der Waals surface area contributed by atoms with Gasteiger partial charge in [-0.15, -0.1) is 0 Å². The van der Waals surface area contributed by atoms with Crippen molar-refractivity contribution in [1.29, 1.82) is 0 Å². The van der Waals surface area contributed by atoms with Gasteiger partial charge < -0.3 is 20.1 Å². The van der Waals surface area contributed by atoms with Gasteiger partial charge in [0.15, 0.2) is 5.78 Å². The Kier molecular flexibility index (Phi) is 2.75. The van der Waals surface area contributed by atoms with Crippen LogP contribution in [0.1, 0.15) is 28.4 Å². The lowest BCUT2D eigenvalue weighted by Crippen LogP contribution is -2.20. The van der Waals surface area contributed by atoms with Crippen LogP contribution in [0.25, 0.3) is 0 Å². The fraction of sp³-hybridized carbons (Fsp3) is 0.133. The van der Waals surface area contributed by atoms with E-state index in [1.165, 1.54) is 36.4 Å². The van der Waals surface area contributed by atoms with Crippen molar-refractivity contribution in [2.45, 2.75) is 12.5 Å². The Balaban J connectivity index is 2.00. The molecule has 0 amide bonds. The van der Waals surface area contributed by atoms with E-state index < -0.39 is 6.10 Å². The van der Waals surface area contributed by atoms with Crippen LogP contribution in [0.4, 0.5) is 0 Å². The summed E-state index contributed by atoms with van der Waals surface area (Å²) in [7, 11) is 0. The Hall–Kier alpha value is -2.69. The molecule has 102 valence electrons. The molecule has 0 aliphatic carbocycles. The van der Waals surface area contributed by atoms with Gasteiger partial charge in [-0.25, -0.2) is 0 Å². The summed E-state index contributed by atoms with van der Waals surface area (Å²) in [6.45, 7) is 0. The number of ether oxygens (including phenoxy) is 1. The molecule has 20 heavy (non-hydrogen) atoms. The van der Waals surface area contributed by atoms with E-state index in [1.54, 1.807) is 0 Å². The molecule has 1 aliphatic rings. The zero-order chi connectivity index (χ0) is 14.3. The van der Waals surface area contributed by atoms with Crippen molar-refractivity contribution in [1.82, 2.24) is 0 Å². The number of hydrogen-bond acceptors (Lipinski definition) is 5. The predicted molar refractivity (Wildman–Crippen MR) is 70.2 cm³/mol. The molecule has 3 rings (SSSR count). The molecule has 0 saturated carbocycles. The van der Waals surface area contributed by atoms with Crippen molar-refractivity contribution in [3.8, 4) is 23.0 Å². The van der Waals surface area contributed by atoms with Crippen LogP contribution in [0.3, 0.4) is 0 Å². The van der Waals surface area contributed by atoms with E-state index in [2.05, 4.69) is 0 Å². The first-order valence-corrected chi connectivity index (χ1v) is 6.09. The molecule has 1 heterocycles. The Bertz CT molecular complexity index is 693. The minimum atomic E-state index is -0.641. The number of ketones is 1. The van der Waals surface area contributed by atoms with E-state index in [0.29, 0.717) is 16.9 Å². The highest BCUT2D eigenvalue weighted by Crippen LogP contribution is 2.39. The van der Waals surface area contributed by atoms with E-state index in [9.17, 15) is 20.1 Å². The van der Waals surface area contributed by atoms with Crippen LogP contribution in [-0.4, -0.2) is 21.1 Å². The van der Waals surface area contributed by atoms with Gasteiger partial charge in [-0.1, -0.05) is 0 Å². The largest absolute Gasteiger partial charge is 0.508 e. The molecule has 0 spiro atoms. The van der Waals surface area contributed by atoms with Gasteiger partial charge in [0.2, 0.25) is 0 Å². The van der Waals surface area contributed by atoms with Crippen molar-refractivity contribution >= 4 is 5.78 Å². The Morgan fingerprint density at radius 2 is 1.70 bits per heavy atom. The molecule has 0 bridgehead atoms. The molecule has 1 aliphatic heterocycles. The number of benzene rings is 2. The average molecular weight is 272 g/mol. The number of hydrogen-bond donors (Lipinski definition) is 3. The Morgan fingerprint density at radius 1 is 1.00 bits per heavy atom. The van der Waals surface area contributed by atoms with E-state index in [0.717, 1.165) is 0 Å². The van der Waals surface area contributed by atoms with Crippen molar-refractivity contribution in [3.05, 3.63) is 47.5 Å². The zero-order valence-corrected chi connectivity index (χ0v) is 10.4. The number of carbonyl (C=O) groups is 1. The number of Topliss-reactive ketones (excluding diaryl/α,β-unsaturated/α-hetero) is 1. The van der Waals surface area contributed by atoms with Crippen LogP contribution in [0.15, 0.2) is 36.4 Å². The molecule has 0 radical (unpaired) electrons. The molecule has 1 atom stereocenters. The molecule has 0 aromatic heterocycles. The van der Waals surface area contributed by atoms with Gasteiger partial charge in [-0.05, 0) is 24.3 Å². The van der Waals surface area contributed by atoms with Crippen molar-refractivity contribution in [2.24, 2.45) is 0 Å². The monoisotopic (exact) mass is 272 g/mol. The first-order valence-electron chi connectivity index (χ1n) is 6.09. The van der Waals surface area contributed by atoms with Crippen LogP contribution in [0.5, 0.6) is 23.0 Å². The van der Waals surface area contributed by atoms with Gasteiger partial charge in [0.1, 0.15) is 29.1 Å². The number of aromatic hydroxyl groups is 3. The summed E-state index contributed by atoms with van der Waals surface area (Å²) >= 11 is 0. The van der Waals surface area contributed by atoms with E-state index in [4.69, 9.17) is 4.74 Å². The first kappa shape index (κ1) is 12.3. The third-order valence-electron chi connectivity index (χ3n) is 3.27. The summed E-state index contributed by atoms with van der Waals surface area (Å²) < 4.78 is 5.67. The maximum atomic E-state index is 12.1. The number of rotatable bonds is 1. The van der Waals surface area contributed by atoms with Gasteiger partial charge in [-0.3, -0.25) is 4.79 Å². The predicted octanol–water partition coefficient (Wildman–Crippen LogP) is 2.51. The summed E-state index contributed by atoms with van der Waals surface area (Å²) in [5, 5.41) is 28.6. The lowest BCUT2D eigenvalue weighted by Gasteiger charge is -2.26. The highest BCUT2D eigenvalue weighted by atomic mass is 16.5. The lowest BCUT2D eigenvalue weighted by atomic mass is 9.95. The van der Waals surface area contributed by atoms with Gasteiger partial charge in [0.05, 0.1) is 12.0 Å². The number of fused-ring (bicyclic) bond motifs is 1. The maximum Gasteiger partial charge on any atom is 0.170 e. The second kappa shape index (κ2) is 4.45. The van der Waals surface area contributed by atoms with Gasteiger partial charge >= 0.3 is 0 Å². The number of phenolic OH excluding ortho intramolecular Hbond substituents is 3. The Labute approximate surface area is 114 Å². The molecular formula is C15H12O5. The van der Waals surface area contributed by atoms with E-state index in [-0.39, 0.29) is 29.5 Å². The smallest absolute Gasteiger partial charge is 0.170 e. The fourth-order valence-corrected chi connectivity index (χ4v) is 2.29. The highest BCUT2D eigenvalue weighted by molar-refractivity contribution is 6.00. The molecule has 0 saturated heterocycles. The van der Waals surface area contributed by atoms with E-state index in [1.807, 2.05) is 0 Å². The molecule has 5 heteroatoms. The van der Waals surface area contributed by atoms with Crippen LogP contribution in [0.2, 0.25) is 0 Å². The normalized spacial score (nSPS) is 17.4. The van der Waals surface area contributed by atoms with E-state index >= 15 is 0 Å². The second-order valence-corrected chi connectivity index (χ2v) is 4.66. The summed E-state index contributed by atoms with van der Waals surface area (Å²) in [6.07, 6.45) is -0.548. The minimum absolute atomic E-state index is 0.00660. The second-order valence-electron chi connectivity index (χ2n) is 4.66. The quantitative estimate of drug-likeness (QED) is 0.742. The minimum Gasteiger partial charge on any atom is -0.508 e. The SMILES string of the molecule is O=C1CC(c2ccc(O)cc2O)Oc2cc(O)ccc21. The molecule has 3 N–H and O–H groups in total. The third kappa shape index (κ3) is 2.03. The van der Waals surface area contributed by atoms with Crippen LogP contribution in [-0.2, 0) is 0 Å². The van der Waals surface area contributed by atoms with Crippen LogP contribution >= 0.6 is 0 Å². The zero-order valence-electron chi connectivity index (χ0n) is 10.4. The Morgan fingerprint density at radius 3 is 2.45 bits per heavy atom. The third-order valence-corrected chi connectivity index (χ3v) is 3.27. The van der Waals surface area contributed by atoms with Crippen molar-refractivity contribution < 1.29 is 24.9 Å². The van der Waals surface area contributed by atoms with Gasteiger partial charge in [0, 0.05) is 17.7 Å². The summed E-state index contributed by atoms with van der Waals surface area (Å²) in [4.78, 5) is 12.1. The lowest BCUT2D eigenvalue weighted by molar-refractivity contribution is 0.0847. The molecular weight excluding hydrogens is 260 g/mol. The topological polar surface area (TPSA) is 87.0 Å². The fourth-order valence-electron chi connectivity index (χ4n) is 2.29. The molecule has 2 aromatic rings. The number of phenols is 3. The van der Waals surface area contributed by atoms with Gasteiger partial charge in [0.25, 0.3) is 0 Å². The van der Waals surface area contributed by atoms with Crippen molar-refractivity contribution in [2.75, 3.05) is 0 Å². The summed E-state index contributed by atoms with van der Waals surface area (Å²) in [6, 6.07) is 8.44. The first-order chi connectivity index (χ1) is 9.54. The average Bonchev–Trinajstić information content (AvgIpc) is 2.37. The standard InChI is InChI=1S/C15H12O5/c16-8-1-3-10(12(18)5-8)15-7-13(19)11-4-2-9(17)6-14(11)20-15/h1-6,15-18H,7H2. The van der Waals surface area contributed by atoms with Crippen LogP contribution in [0, 0.1) is 0 Å². The molecule has 2 aromatic carbocycles. The molecule has 0 fully saturated rings. The van der Waals surface area contributed by atoms with Crippen molar-refractivity contribution in [3.63, 3.8) is 0 Å². The summed E-state index contributed by atoms with van der Waals surface area (Å²) in [5.74, 6) is -0.0209. The molecule has 1 unspecified atom stereocenters. The highest BCUT2D eigenvalue weighted by Gasteiger charge is 2.29. The van der Waals surface area contributed by atoms with Crippen LogP contribution < -0.4 is 4.74 Å². The van der Waals surface area contributed by atoms with Gasteiger partial charge in [-0.2, -0.15) is 0 Å².